The maximum atomic E-state index is 12.5. The van der Waals surface area contributed by atoms with Gasteiger partial charge < -0.3 is 0 Å². The summed E-state index contributed by atoms with van der Waals surface area (Å²) >= 11 is 5.60. The van der Waals surface area contributed by atoms with Crippen LogP contribution < -0.4 is 0 Å². The fourth-order valence-electron chi connectivity index (χ4n) is 1.36. The van der Waals surface area contributed by atoms with Crippen molar-refractivity contribution >= 4 is 11.6 Å². The molecule has 1 fully saturated rings. The summed E-state index contributed by atoms with van der Waals surface area (Å²) in [5.41, 5.74) is -0.644. The van der Waals surface area contributed by atoms with Crippen LogP contribution in [-0.4, -0.2) is 10.2 Å². The largest absolute Gasteiger partial charge is 0.418 e. The average Bonchev–Trinajstić information content (AvgIpc) is 2.85. The second-order valence-electron chi connectivity index (χ2n) is 3.23. The van der Waals surface area contributed by atoms with Crippen LogP contribution in [0, 0.1) is 0 Å². The lowest BCUT2D eigenvalue weighted by atomic mass is 10.1. The molecule has 1 aliphatic rings. The van der Waals surface area contributed by atoms with Crippen LogP contribution in [-0.2, 0) is 6.18 Å². The van der Waals surface area contributed by atoms with Gasteiger partial charge in [0.25, 0.3) is 0 Å². The number of aromatic nitrogens is 2. The maximum absolute atomic E-state index is 12.5. The topological polar surface area (TPSA) is 25.8 Å². The quantitative estimate of drug-likeness (QED) is 0.730. The summed E-state index contributed by atoms with van der Waals surface area (Å²) in [4.78, 5) is 0. The Hall–Kier alpha value is -0.840. The molecule has 0 aromatic carbocycles. The van der Waals surface area contributed by atoms with Crippen LogP contribution in [0.5, 0.6) is 0 Å². The Morgan fingerprint density at radius 3 is 2.50 bits per heavy atom. The van der Waals surface area contributed by atoms with Crippen molar-refractivity contribution in [3.8, 4) is 0 Å². The average molecular weight is 223 g/mol. The Bertz CT molecular complexity index is 360. The fourth-order valence-corrected chi connectivity index (χ4v) is 1.66. The van der Waals surface area contributed by atoms with Gasteiger partial charge in [-0.25, -0.2) is 0 Å². The molecule has 76 valence electrons. The fraction of sp³-hybridized carbons (Fsp3) is 0.500. The van der Waals surface area contributed by atoms with E-state index in [0.717, 1.165) is 19.0 Å². The highest BCUT2D eigenvalue weighted by Gasteiger charge is 2.40. The molecule has 6 heteroatoms. The van der Waals surface area contributed by atoms with E-state index >= 15 is 0 Å². The minimum absolute atomic E-state index is 0.0883. The first-order chi connectivity index (χ1) is 6.50. The second kappa shape index (κ2) is 3.08. The van der Waals surface area contributed by atoms with E-state index in [4.69, 9.17) is 11.6 Å². The molecule has 2 rings (SSSR count). The van der Waals surface area contributed by atoms with Gasteiger partial charge in [-0.1, -0.05) is 11.6 Å². The lowest BCUT2D eigenvalue weighted by Crippen LogP contribution is -2.10. The van der Waals surface area contributed by atoms with E-state index in [9.17, 15) is 13.2 Å². The number of alkyl halides is 3. The molecule has 0 N–H and O–H groups in total. The third-order valence-corrected chi connectivity index (χ3v) is 2.41. The van der Waals surface area contributed by atoms with E-state index in [1.54, 1.807) is 0 Å². The van der Waals surface area contributed by atoms with Crippen molar-refractivity contribution in [1.29, 1.82) is 0 Å². The number of nitrogens with zero attached hydrogens (tertiary/aromatic N) is 2. The van der Waals surface area contributed by atoms with E-state index in [2.05, 4.69) is 10.2 Å². The highest BCUT2D eigenvalue weighted by Crippen LogP contribution is 2.47. The number of hydrogen-bond acceptors (Lipinski definition) is 2. The van der Waals surface area contributed by atoms with E-state index in [1.807, 2.05) is 0 Å². The van der Waals surface area contributed by atoms with Gasteiger partial charge in [0.1, 0.15) is 0 Å². The Kier molecular flexibility index (Phi) is 2.14. The molecule has 0 bridgehead atoms. The third kappa shape index (κ3) is 1.68. The zero-order valence-electron chi connectivity index (χ0n) is 6.98. The van der Waals surface area contributed by atoms with Gasteiger partial charge in [0, 0.05) is 5.56 Å². The second-order valence-corrected chi connectivity index (χ2v) is 3.59. The van der Waals surface area contributed by atoms with E-state index in [1.165, 1.54) is 0 Å². The van der Waals surface area contributed by atoms with Crippen molar-refractivity contribution in [3.63, 3.8) is 0 Å². The normalized spacial score (nSPS) is 17.1. The zero-order chi connectivity index (χ0) is 10.3. The van der Waals surface area contributed by atoms with Crippen molar-refractivity contribution in [3.05, 3.63) is 22.5 Å². The van der Waals surface area contributed by atoms with Crippen molar-refractivity contribution in [2.24, 2.45) is 0 Å². The minimum Gasteiger partial charge on any atom is -0.166 e. The molecule has 0 atom stereocenters. The van der Waals surface area contributed by atoms with E-state index in [0.29, 0.717) is 0 Å². The molecule has 1 heterocycles. The van der Waals surface area contributed by atoms with Gasteiger partial charge in [-0.05, 0) is 18.8 Å². The van der Waals surface area contributed by atoms with Crippen molar-refractivity contribution in [2.45, 2.75) is 24.9 Å². The Morgan fingerprint density at radius 1 is 1.36 bits per heavy atom. The molecule has 1 saturated carbocycles. The molecule has 0 spiro atoms. The van der Waals surface area contributed by atoms with Crippen molar-refractivity contribution in [2.75, 3.05) is 0 Å². The molecule has 1 aliphatic carbocycles. The molecule has 1 aromatic rings. The van der Waals surface area contributed by atoms with Gasteiger partial charge in [-0.15, -0.1) is 5.10 Å². The monoisotopic (exact) mass is 222 g/mol. The first-order valence-electron chi connectivity index (χ1n) is 4.08. The lowest BCUT2D eigenvalue weighted by Gasteiger charge is -2.11. The van der Waals surface area contributed by atoms with Crippen LogP contribution in [0.4, 0.5) is 13.2 Å². The first-order valence-corrected chi connectivity index (χ1v) is 4.46. The summed E-state index contributed by atoms with van der Waals surface area (Å²) in [7, 11) is 0. The highest BCUT2D eigenvalue weighted by molar-refractivity contribution is 6.30. The molecule has 0 unspecified atom stereocenters. The van der Waals surface area contributed by atoms with E-state index in [-0.39, 0.29) is 16.6 Å². The number of rotatable bonds is 1. The van der Waals surface area contributed by atoms with Gasteiger partial charge in [-0.2, -0.15) is 18.3 Å². The molecule has 1 aromatic heterocycles. The van der Waals surface area contributed by atoms with Crippen molar-refractivity contribution in [1.82, 2.24) is 10.2 Å². The summed E-state index contributed by atoms with van der Waals surface area (Å²) < 4.78 is 37.5. The van der Waals surface area contributed by atoms with Gasteiger partial charge in [-0.3, -0.25) is 0 Å². The summed E-state index contributed by atoms with van der Waals surface area (Å²) in [5, 5.41) is 6.53. The molecule has 2 nitrogen and oxygen atoms in total. The van der Waals surface area contributed by atoms with Crippen molar-refractivity contribution < 1.29 is 13.2 Å². The maximum Gasteiger partial charge on any atom is 0.418 e. The minimum atomic E-state index is -4.39. The van der Waals surface area contributed by atoms with Gasteiger partial charge in [0.15, 0.2) is 5.15 Å². The zero-order valence-corrected chi connectivity index (χ0v) is 7.73. The number of hydrogen-bond donors (Lipinski definition) is 0. The molecule has 14 heavy (non-hydrogen) atoms. The molecular formula is C8H6ClF3N2. The summed E-state index contributed by atoms with van der Waals surface area (Å²) in [6.45, 7) is 0. The predicted octanol–water partition coefficient (Wildman–Crippen LogP) is 3.03. The molecular weight excluding hydrogens is 217 g/mol. The van der Waals surface area contributed by atoms with E-state index < -0.39 is 11.7 Å². The van der Waals surface area contributed by atoms with Crippen LogP contribution in [0.15, 0.2) is 6.20 Å². The van der Waals surface area contributed by atoms with Crippen LogP contribution in [0.1, 0.15) is 29.9 Å². The molecule has 0 amide bonds. The molecule has 0 saturated heterocycles. The van der Waals surface area contributed by atoms with Crippen LogP contribution in [0.25, 0.3) is 0 Å². The van der Waals surface area contributed by atoms with Crippen LogP contribution >= 0.6 is 11.6 Å². The smallest absolute Gasteiger partial charge is 0.166 e. The summed E-state index contributed by atoms with van der Waals surface area (Å²) in [6.07, 6.45) is -2.17. The third-order valence-electron chi connectivity index (χ3n) is 2.14. The first kappa shape index (κ1) is 9.71. The standard InChI is InChI=1S/C8H6ClF3N2/c9-7-6(4-1-2-4)5(3-13-14-7)8(10,11)12/h3-4H,1-2H2. The Morgan fingerprint density at radius 2 is 2.00 bits per heavy atom. The van der Waals surface area contributed by atoms with Gasteiger partial charge in [0.2, 0.25) is 0 Å². The predicted molar refractivity (Wildman–Crippen MR) is 44.0 cm³/mol. The summed E-state index contributed by atoms with van der Waals surface area (Å²) in [6, 6.07) is 0. The van der Waals surface area contributed by atoms with Gasteiger partial charge in [0.05, 0.1) is 11.8 Å². The molecule has 0 radical (unpaired) electrons. The Balaban J connectivity index is 2.53. The SMILES string of the molecule is FC(F)(F)c1cnnc(Cl)c1C1CC1. The molecule has 0 aliphatic heterocycles. The number of halogens is 4. The van der Waals surface area contributed by atoms with Crippen LogP contribution in [0.2, 0.25) is 5.15 Å². The van der Waals surface area contributed by atoms with Crippen LogP contribution in [0.3, 0.4) is 0 Å². The lowest BCUT2D eigenvalue weighted by molar-refractivity contribution is -0.138. The Labute approximate surface area is 83.1 Å². The summed E-state index contributed by atoms with van der Waals surface area (Å²) in [5.74, 6) is -0.0883. The highest BCUT2D eigenvalue weighted by atomic mass is 35.5. The van der Waals surface area contributed by atoms with Gasteiger partial charge >= 0.3 is 6.18 Å².